The number of hydrogen-bond donors (Lipinski definition) is 1. The average Bonchev–Trinajstić information content (AvgIpc) is 2.67. The molecule has 0 aliphatic rings. The molecule has 0 unspecified atom stereocenters. The van der Waals surface area contributed by atoms with E-state index in [9.17, 15) is 4.39 Å². The molecule has 0 aliphatic heterocycles. The molecular formula is C23H24BrClFNO. The fourth-order valence-corrected chi connectivity index (χ4v) is 3.23. The highest BCUT2D eigenvalue weighted by Crippen LogP contribution is 2.24. The zero-order valence-electron chi connectivity index (χ0n) is 15.8. The molecule has 2 nitrogen and oxygen atoms in total. The summed E-state index contributed by atoms with van der Waals surface area (Å²) in [6.07, 6.45) is 0.653. The molecule has 3 rings (SSSR count). The van der Waals surface area contributed by atoms with Gasteiger partial charge in [0.1, 0.15) is 18.2 Å². The van der Waals surface area contributed by atoms with Crippen molar-refractivity contribution in [2.75, 3.05) is 6.54 Å². The summed E-state index contributed by atoms with van der Waals surface area (Å²) in [5.74, 6) is 0.709. The van der Waals surface area contributed by atoms with Crippen molar-refractivity contribution in [3.8, 4) is 5.75 Å². The summed E-state index contributed by atoms with van der Waals surface area (Å²) in [4.78, 5) is 0. The van der Waals surface area contributed by atoms with Gasteiger partial charge in [-0.15, -0.1) is 12.4 Å². The van der Waals surface area contributed by atoms with Crippen LogP contribution in [0.2, 0.25) is 0 Å². The van der Waals surface area contributed by atoms with Gasteiger partial charge in [-0.3, -0.25) is 0 Å². The molecule has 0 heterocycles. The van der Waals surface area contributed by atoms with Crippen LogP contribution in [0.4, 0.5) is 4.39 Å². The van der Waals surface area contributed by atoms with E-state index in [-0.39, 0.29) is 18.2 Å². The number of aryl methyl sites for hydroxylation is 1. The monoisotopic (exact) mass is 463 g/mol. The minimum Gasteiger partial charge on any atom is -0.489 e. The highest BCUT2D eigenvalue weighted by atomic mass is 79.9. The van der Waals surface area contributed by atoms with Gasteiger partial charge in [-0.25, -0.2) is 4.39 Å². The summed E-state index contributed by atoms with van der Waals surface area (Å²) in [7, 11) is 0. The number of benzene rings is 3. The third-order valence-electron chi connectivity index (χ3n) is 4.38. The number of ether oxygens (including phenoxy) is 1. The highest BCUT2D eigenvalue weighted by Gasteiger charge is 2.06. The van der Waals surface area contributed by atoms with Crippen molar-refractivity contribution in [3.63, 3.8) is 0 Å². The quantitative estimate of drug-likeness (QED) is 0.399. The SMILES string of the molecule is Cc1ccc(COc2ccc(Br)cc2CNCCc2ccccc2F)cc1.Cl. The van der Waals surface area contributed by atoms with Gasteiger partial charge in [0.25, 0.3) is 0 Å². The van der Waals surface area contributed by atoms with Gasteiger partial charge in [0.2, 0.25) is 0 Å². The summed E-state index contributed by atoms with van der Waals surface area (Å²) in [5.41, 5.74) is 4.18. The van der Waals surface area contributed by atoms with Crippen LogP contribution in [0, 0.1) is 12.7 Å². The maximum atomic E-state index is 13.7. The summed E-state index contributed by atoms with van der Waals surface area (Å²) in [6.45, 7) is 3.97. The molecule has 0 saturated carbocycles. The van der Waals surface area contributed by atoms with E-state index < -0.39 is 0 Å². The average molecular weight is 465 g/mol. The van der Waals surface area contributed by atoms with Gasteiger partial charge in [-0.05, 0) is 55.3 Å². The number of halogens is 3. The largest absolute Gasteiger partial charge is 0.489 e. The molecule has 0 atom stereocenters. The predicted octanol–water partition coefficient (Wildman–Crippen LogP) is 6.23. The first kappa shape index (κ1) is 22.4. The van der Waals surface area contributed by atoms with Crippen LogP contribution in [-0.4, -0.2) is 6.54 Å². The van der Waals surface area contributed by atoms with Gasteiger partial charge in [-0.1, -0.05) is 64.0 Å². The van der Waals surface area contributed by atoms with Crippen molar-refractivity contribution in [1.82, 2.24) is 5.32 Å². The van der Waals surface area contributed by atoms with E-state index in [0.29, 0.717) is 26.1 Å². The lowest BCUT2D eigenvalue weighted by Gasteiger charge is -2.13. The number of rotatable bonds is 8. The Balaban J connectivity index is 0.00000280. The Morgan fingerprint density at radius 1 is 0.964 bits per heavy atom. The molecule has 0 fully saturated rings. The van der Waals surface area contributed by atoms with Crippen LogP contribution in [-0.2, 0) is 19.6 Å². The molecule has 148 valence electrons. The molecule has 0 spiro atoms. The fraction of sp³-hybridized carbons (Fsp3) is 0.217. The fourth-order valence-electron chi connectivity index (χ4n) is 2.82. The molecule has 0 aromatic heterocycles. The van der Waals surface area contributed by atoms with Crippen molar-refractivity contribution in [1.29, 1.82) is 0 Å². The van der Waals surface area contributed by atoms with E-state index in [0.717, 1.165) is 26.9 Å². The maximum Gasteiger partial charge on any atom is 0.126 e. The first-order valence-corrected chi connectivity index (χ1v) is 9.82. The zero-order chi connectivity index (χ0) is 19.1. The van der Waals surface area contributed by atoms with Crippen LogP contribution in [0.3, 0.4) is 0 Å². The summed E-state index contributed by atoms with van der Waals surface area (Å²) >= 11 is 3.52. The van der Waals surface area contributed by atoms with Gasteiger partial charge in [-0.2, -0.15) is 0 Å². The molecule has 3 aromatic carbocycles. The molecular weight excluding hydrogens is 441 g/mol. The predicted molar refractivity (Wildman–Crippen MR) is 119 cm³/mol. The lowest BCUT2D eigenvalue weighted by Crippen LogP contribution is -2.17. The Morgan fingerprint density at radius 3 is 2.46 bits per heavy atom. The molecule has 0 bridgehead atoms. The van der Waals surface area contributed by atoms with E-state index in [1.165, 1.54) is 11.6 Å². The van der Waals surface area contributed by atoms with E-state index in [2.05, 4.69) is 58.5 Å². The van der Waals surface area contributed by atoms with Crippen LogP contribution in [0.5, 0.6) is 5.75 Å². The Labute approximate surface area is 180 Å². The molecule has 1 N–H and O–H groups in total. The Hall–Kier alpha value is -1.88. The van der Waals surface area contributed by atoms with Gasteiger partial charge in [0, 0.05) is 16.6 Å². The topological polar surface area (TPSA) is 21.3 Å². The van der Waals surface area contributed by atoms with Crippen LogP contribution in [0.15, 0.2) is 71.2 Å². The van der Waals surface area contributed by atoms with Crippen molar-refractivity contribution in [2.45, 2.75) is 26.5 Å². The van der Waals surface area contributed by atoms with E-state index in [1.54, 1.807) is 6.07 Å². The van der Waals surface area contributed by atoms with Crippen molar-refractivity contribution < 1.29 is 9.13 Å². The molecule has 0 aliphatic carbocycles. The minimum atomic E-state index is -0.149. The second kappa shape index (κ2) is 11.2. The van der Waals surface area contributed by atoms with Gasteiger partial charge in [0.15, 0.2) is 0 Å². The maximum absolute atomic E-state index is 13.7. The molecule has 28 heavy (non-hydrogen) atoms. The van der Waals surface area contributed by atoms with Crippen molar-refractivity contribution >= 4 is 28.3 Å². The third kappa shape index (κ3) is 6.62. The van der Waals surface area contributed by atoms with E-state index in [4.69, 9.17) is 4.74 Å². The Morgan fingerprint density at radius 2 is 1.71 bits per heavy atom. The van der Waals surface area contributed by atoms with E-state index >= 15 is 0 Å². The van der Waals surface area contributed by atoms with Gasteiger partial charge >= 0.3 is 0 Å². The van der Waals surface area contributed by atoms with Crippen LogP contribution in [0.1, 0.15) is 22.3 Å². The van der Waals surface area contributed by atoms with Gasteiger partial charge in [0.05, 0.1) is 0 Å². The van der Waals surface area contributed by atoms with Gasteiger partial charge < -0.3 is 10.1 Å². The lowest BCUT2D eigenvalue weighted by molar-refractivity contribution is 0.302. The third-order valence-corrected chi connectivity index (χ3v) is 4.88. The number of hydrogen-bond acceptors (Lipinski definition) is 2. The number of nitrogens with one attached hydrogen (secondary N) is 1. The normalized spacial score (nSPS) is 10.4. The molecule has 5 heteroatoms. The second-order valence-electron chi connectivity index (χ2n) is 6.54. The Bertz CT molecular complexity index is 886. The first-order valence-electron chi connectivity index (χ1n) is 9.03. The summed E-state index contributed by atoms with van der Waals surface area (Å²) in [6, 6.07) is 21.3. The lowest BCUT2D eigenvalue weighted by atomic mass is 10.1. The van der Waals surface area contributed by atoms with Crippen LogP contribution in [0.25, 0.3) is 0 Å². The van der Waals surface area contributed by atoms with Crippen LogP contribution >= 0.6 is 28.3 Å². The van der Waals surface area contributed by atoms with Crippen LogP contribution < -0.4 is 10.1 Å². The Kier molecular flexibility index (Phi) is 8.97. The first-order chi connectivity index (χ1) is 13.1. The molecule has 3 aromatic rings. The highest BCUT2D eigenvalue weighted by molar-refractivity contribution is 9.10. The zero-order valence-corrected chi connectivity index (χ0v) is 18.2. The molecule has 0 amide bonds. The second-order valence-corrected chi connectivity index (χ2v) is 7.46. The molecule has 0 saturated heterocycles. The smallest absolute Gasteiger partial charge is 0.126 e. The summed E-state index contributed by atoms with van der Waals surface area (Å²) in [5, 5.41) is 3.38. The standard InChI is InChI=1S/C23H23BrFNO.ClH/c1-17-6-8-18(9-7-17)16-27-23-11-10-21(24)14-20(23)15-26-13-12-19-4-2-3-5-22(19)25;/h2-11,14,26H,12-13,15-16H2,1H3;1H. The van der Waals surface area contributed by atoms with E-state index in [1.807, 2.05) is 24.3 Å². The molecule has 0 radical (unpaired) electrons. The van der Waals surface area contributed by atoms with Crippen molar-refractivity contribution in [2.24, 2.45) is 0 Å². The van der Waals surface area contributed by atoms with Crippen molar-refractivity contribution in [3.05, 3.63) is 99.3 Å². The summed E-state index contributed by atoms with van der Waals surface area (Å²) < 4.78 is 20.7. The minimum absolute atomic E-state index is 0.